The number of aliphatic hydroxyl groups is 1. The molecule has 0 radical (unpaired) electrons. The van der Waals surface area contributed by atoms with Crippen molar-refractivity contribution in [1.29, 1.82) is 0 Å². The minimum Gasteiger partial charge on any atom is -0.484 e. The van der Waals surface area contributed by atoms with Gasteiger partial charge >= 0.3 is 0 Å². The molecular weight excluding hydrogens is 380 g/mol. The summed E-state index contributed by atoms with van der Waals surface area (Å²) in [4.78, 5) is 4.54. The molecule has 0 saturated heterocycles. The van der Waals surface area contributed by atoms with Crippen LogP contribution in [0.3, 0.4) is 0 Å². The number of aliphatic hydroxyl groups excluding tert-OH is 1. The van der Waals surface area contributed by atoms with Gasteiger partial charge in [-0.3, -0.25) is 4.98 Å². The number of rotatable bonds is 6. The molecule has 2 unspecified atom stereocenters. The quantitative estimate of drug-likeness (QED) is 0.495. The lowest BCUT2D eigenvalue weighted by atomic mass is 9.75. The van der Waals surface area contributed by atoms with Crippen LogP contribution in [0.5, 0.6) is 5.75 Å². The summed E-state index contributed by atoms with van der Waals surface area (Å²) in [5, 5.41) is 12.2. The summed E-state index contributed by atoms with van der Waals surface area (Å²) in [5.74, 6) is 7.47. The summed E-state index contributed by atoms with van der Waals surface area (Å²) in [6.45, 7) is 3.57. The van der Waals surface area contributed by atoms with Crippen LogP contribution >= 0.6 is 0 Å². The van der Waals surface area contributed by atoms with E-state index in [4.69, 9.17) is 21.1 Å². The van der Waals surface area contributed by atoms with Crippen LogP contribution < -0.4 is 16.3 Å². The molecule has 3 aliphatic rings. The normalized spacial score (nSPS) is 28.7. The fourth-order valence-electron chi connectivity index (χ4n) is 5.05. The van der Waals surface area contributed by atoms with Crippen LogP contribution in [0.15, 0.2) is 36.3 Å². The molecule has 2 fully saturated rings. The van der Waals surface area contributed by atoms with Gasteiger partial charge in [-0.05, 0) is 73.3 Å². The lowest BCUT2D eigenvalue weighted by molar-refractivity contribution is 0.0786. The Morgan fingerprint density at radius 2 is 2.27 bits per heavy atom. The van der Waals surface area contributed by atoms with E-state index in [-0.39, 0.29) is 18.8 Å². The molecule has 7 nitrogen and oxygen atoms in total. The molecule has 1 aromatic heterocycles. The molecule has 30 heavy (non-hydrogen) atoms. The molecular formula is C23H30N4O3. The lowest BCUT2D eigenvalue weighted by Crippen LogP contribution is -2.48. The minimum atomic E-state index is -0.301. The molecule has 0 amide bonds. The van der Waals surface area contributed by atoms with Gasteiger partial charge in [-0.15, -0.1) is 0 Å². The first-order valence-corrected chi connectivity index (χ1v) is 10.7. The van der Waals surface area contributed by atoms with Crippen molar-refractivity contribution in [3.05, 3.63) is 47.4 Å². The van der Waals surface area contributed by atoms with Crippen LogP contribution in [0.2, 0.25) is 0 Å². The van der Waals surface area contributed by atoms with Gasteiger partial charge in [0.25, 0.3) is 0 Å². The van der Waals surface area contributed by atoms with Gasteiger partial charge in [0.05, 0.1) is 24.4 Å². The number of pyridine rings is 1. The van der Waals surface area contributed by atoms with Gasteiger partial charge in [0.15, 0.2) is 0 Å². The van der Waals surface area contributed by atoms with Crippen LogP contribution in [0, 0.1) is 11.3 Å². The summed E-state index contributed by atoms with van der Waals surface area (Å²) in [7, 11) is 0. The Hall–Kier alpha value is -2.35. The number of fused-ring (bicyclic) bond motifs is 3. The Morgan fingerprint density at radius 3 is 3.03 bits per heavy atom. The van der Waals surface area contributed by atoms with Gasteiger partial charge in [-0.25, -0.2) is 5.84 Å². The first kappa shape index (κ1) is 19.6. The lowest BCUT2D eigenvalue weighted by Gasteiger charge is -2.42. The third-order valence-electron chi connectivity index (χ3n) is 7.16. The van der Waals surface area contributed by atoms with Gasteiger partial charge in [-0.1, -0.05) is 0 Å². The molecule has 2 aromatic rings. The first-order valence-electron chi connectivity index (χ1n) is 10.7. The molecule has 1 aliphatic heterocycles. The second-order valence-corrected chi connectivity index (χ2v) is 9.09. The Kier molecular flexibility index (Phi) is 4.84. The number of aromatic nitrogens is 1. The van der Waals surface area contributed by atoms with E-state index >= 15 is 0 Å². The zero-order chi connectivity index (χ0) is 20.9. The van der Waals surface area contributed by atoms with Crippen molar-refractivity contribution in [2.24, 2.45) is 22.9 Å². The highest BCUT2D eigenvalue weighted by atomic mass is 16.5. The molecule has 0 bridgehead atoms. The van der Waals surface area contributed by atoms with Crippen LogP contribution in [0.4, 0.5) is 0 Å². The van der Waals surface area contributed by atoms with E-state index in [2.05, 4.69) is 4.98 Å². The van der Waals surface area contributed by atoms with E-state index in [0.29, 0.717) is 23.6 Å². The van der Waals surface area contributed by atoms with E-state index in [0.717, 1.165) is 54.5 Å². The molecule has 160 valence electrons. The number of hydrogen-bond donors (Lipinski definition) is 3. The topological polar surface area (TPSA) is 107 Å². The SMILES string of the molecule is CC(Oc1ccc2ncc3c(c2c1)CCOC3)/C(N)=C/N(N)C1CC2(C1)CC2CO. The highest BCUT2D eigenvalue weighted by molar-refractivity contribution is 5.84. The Balaban J connectivity index is 1.26. The van der Waals surface area contributed by atoms with Gasteiger partial charge in [0.1, 0.15) is 11.9 Å². The number of hydrogen-bond acceptors (Lipinski definition) is 7. The Labute approximate surface area is 176 Å². The molecule has 2 atom stereocenters. The van der Waals surface area contributed by atoms with E-state index < -0.39 is 0 Å². The third-order valence-corrected chi connectivity index (χ3v) is 7.16. The zero-order valence-corrected chi connectivity index (χ0v) is 17.4. The second kappa shape index (κ2) is 7.41. The fraction of sp³-hybridized carbons (Fsp3) is 0.522. The largest absolute Gasteiger partial charge is 0.484 e. The van der Waals surface area contributed by atoms with E-state index in [1.165, 1.54) is 5.56 Å². The first-order chi connectivity index (χ1) is 14.5. The maximum absolute atomic E-state index is 9.32. The molecule has 5 N–H and O–H groups in total. The average molecular weight is 411 g/mol. The maximum Gasteiger partial charge on any atom is 0.136 e. The molecule has 1 aromatic carbocycles. The number of benzene rings is 1. The summed E-state index contributed by atoms with van der Waals surface area (Å²) in [5.41, 5.74) is 10.6. The molecule has 1 spiro atoms. The van der Waals surface area contributed by atoms with Crippen molar-refractivity contribution in [2.45, 2.75) is 51.4 Å². The molecule has 2 heterocycles. The van der Waals surface area contributed by atoms with Gasteiger partial charge < -0.3 is 25.3 Å². The van der Waals surface area contributed by atoms with Crippen LogP contribution in [0.25, 0.3) is 10.9 Å². The molecule has 2 aliphatic carbocycles. The van der Waals surface area contributed by atoms with Gasteiger partial charge in [-0.2, -0.15) is 0 Å². The average Bonchev–Trinajstić information content (AvgIpc) is 3.47. The molecule has 7 heteroatoms. The summed E-state index contributed by atoms with van der Waals surface area (Å²) >= 11 is 0. The fourth-order valence-corrected chi connectivity index (χ4v) is 5.05. The third kappa shape index (κ3) is 3.41. The highest BCUT2D eigenvalue weighted by Gasteiger charge is 2.61. The Bertz CT molecular complexity index is 986. The van der Waals surface area contributed by atoms with Crippen molar-refractivity contribution in [3.8, 4) is 5.75 Å². The number of nitrogens with zero attached hydrogens (tertiary/aromatic N) is 2. The van der Waals surface area contributed by atoms with Crippen LogP contribution in [-0.2, 0) is 17.8 Å². The summed E-state index contributed by atoms with van der Waals surface area (Å²) < 4.78 is 11.7. The van der Waals surface area contributed by atoms with Crippen molar-refractivity contribution >= 4 is 10.9 Å². The van der Waals surface area contributed by atoms with Gasteiger partial charge in [0, 0.05) is 30.4 Å². The van der Waals surface area contributed by atoms with E-state index in [1.807, 2.05) is 31.3 Å². The Morgan fingerprint density at radius 1 is 1.43 bits per heavy atom. The van der Waals surface area contributed by atoms with Crippen LogP contribution in [0.1, 0.15) is 37.3 Å². The molecule has 2 saturated carbocycles. The number of hydrazine groups is 1. The standard InChI is InChI=1S/C23H30N4O3/c1-14(21(24)11-27(25)17-8-23(9-17)7-16(23)12-28)30-18-2-3-22-20(6-18)19-4-5-29-13-15(19)10-26-22/h2-3,6,10-11,14,16-17,28H,4-5,7-9,12-13,24-25H2,1H3/b21-11-. The van der Waals surface area contributed by atoms with Crippen molar-refractivity contribution in [1.82, 2.24) is 9.99 Å². The van der Waals surface area contributed by atoms with Crippen LogP contribution in [-0.4, -0.2) is 40.5 Å². The number of ether oxygens (including phenoxy) is 2. The van der Waals surface area contributed by atoms with E-state index in [1.54, 1.807) is 11.2 Å². The number of nitrogens with two attached hydrogens (primary N) is 2. The van der Waals surface area contributed by atoms with Gasteiger partial charge in [0.2, 0.25) is 0 Å². The second-order valence-electron chi connectivity index (χ2n) is 9.09. The predicted molar refractivity (Wildman–Crippen MR) is 114 cm³/mol. The van der Waals surface area contributed by atoms with Crippen molar-refractivity contribution in [3.63, 3.8) is 0 Å². The minimum absolute atomic E-state index is 0.285. The maximum atomic E-state index is 9.32. The predicted octanol–water partition coefficient (Wildman–Crippen LogP) is 2.21. The van der Waals surface area contributed by atoms with Crippen molar-refractivity contribution in [2.75, 3.05) is 13.2 Å². The van der Waals surface area contributed by atoms with E-state index in [9.17, 15) is 5.11 Å². The zero-order valence-electron chi connectivity index (χ0n) is 17.4. The smallest absolute Gasteiger partial charge is 0.136 e. The van der Waals surface area contributed by atoms with Crippen molar-refractivity contribution < 1.29 is 14.6 Å². The summed E-state index contributed by atoms with van der Waals surface area (Å²) in [6, 6.07) is 6.26. The summed E-state index contributed by atoms with van der Waals surface area (Å²) in [6.07, 6.45) is 7.47. The molecule has 5 rings (SSSR count). The monoisotopic (exact) mass is 410 g/mol. The highest BCUT2D eigenvalue weighted by Crippen LogP contribution is 2.65.